The Labute approximate surface area is 111 Å². The summed E-state index contributed by atoms with van der Waals surface area (Å²) in [5.74, 6) is 0.826. The maximum Gasteiger partial charge on any atom is 0.225 e. The molecule has 4 nitrogen and oxygen atoms in total. The summed E-state index contributed by atoms with van der Waals surface area (Å²) < 4.78 is 0. The number of nitrogens with zero attached hydrogens (tertiary/aromatic N) is 1. The van der Waals surface area contributed by atoms with E-state index in [4.69, 9.17) is 5.73 Å². The van der Waals surface area contributed by atoms with Gasteiger partial charge in [0.05, 0.1) is 0 Å². The number of likely N-dealkylation sites (tertiary alicyclic amines) is 1. The molecule has 0 bridgehead atoms. The first-order valence-electron chi connectivity index (χ1n) is 7.10. The number of piperidine rings is 1. The minimum absolute atomic E-state index is 0.150. The second-order valence-corrected chi connectivity index (χ2v) is 6.48. The molecule has 0 saturated carbocycles. The highest BCUT2D eigenvalue weighted by Crippen LogP contribution is 2.21. The molecule has 1 heterocycles. The normalized spacial score (nSPS) is 26.1. The van der Waals surface area contributed by atoms with Crippen LogP contribution in [-0.4, -0.2) is 43.0 Å². The molecule has 2 unspecified atom stereocenters. The average Bonchev–Trinajstić information content (AvgIpc) is 2.27. The van der Waals surface area contributed by atoms with E-state index in [0.29, 0.717) is 12.5 Å². The lowest BCUT2D eigenvalue weighted by Gasteiger charge is -2.38. The molecule has 1 saturated heterocycles. The van der Waals surface area contributed by atoms with Crippen molar-refractivity contribution in [3.8, 4) is 0 Å². The summed E-state index contributed by atoms with van der Waals surface area (Å²) in [6, 6.07) is 0.280. The number of carbonyl (C=O) groups excluding carboxylic acids is 1. The minimum Gasteiger partial charge on any atom is -0.352 e. The zero-order valence-electron chi connectivity index (χ0n) is 12.3. The van der Waals surface area contributed by atoms with Gasteiger partial charge in [0.2, 0.25) is 5.91 Å². The Morgan fingerprint density at radius 1 is 1.39 bits per heavy atom. The summed E-state index contributed by atoms with van der Waals surface area (Å²) in [5, 5.41) is 3.19. The van der Waals surface area contributed by atoms with Crippen LogP contribution in [0, 0.1) is 11.3 Å². The van der Waals surface area contributed by atoms with Crippen molar-refractivity contribution < 1.29 is 4.79 Å². The van der Waals surface area contributed by atoms with Crippen LogP contribution in [0.5, 0.6) is 0 Å². The molecular weight excluding hydrogens is 226 g/mol. The van der Waals surface area contributed by atoms with Crippen LogP contribution in [0.25, 0.3) is 0 Å². The third-order valence-electron chi connectivity index (χ3n) is 3.65. The molecule has 1 amide bonds. The Morgan fingerprint density at radius 3 is 2.56 bits per heavy atom. The molecule has 2 atom stereocenters. The first-order chi connectivity index (χ1) is 8.36. The van der Waals surface area contributed by atoms with Gasteiger partial charge in [-0.05, 0) is 12.3 Å². The van der Waals surface area contributed by atoms with Crippen molar-refractivity contribution in [3.05, 3.63) is 0 Å². The molecule has 0 aromatic rings. The van der Waals surface area contributed by atoms with Crippen LogP contribution >= 0.6 is 0 Å². The molecule has 0 spiro atoms. The van der Waals surface area contributed by atoms with Gasteiger partial charge < -0.3 is 11.1 Å². The molecule has 0 aliphatic carbocycles. The van der Waals surface area contributed by atoms with E-state index in [2.05, 4.69) is 17.1 Å². The summed E-state index contributed by atoms with van der Waals surface area (Å²) in [6.07, 6.45) is 2.27. The van der Waals surface area contributed by atoms with E-state index in [-0.39, 0.29) is 17.4 Å². The number of carbonyl (C=O) groups is 1. The largest absolute Gasteiger partial charge is 0.352 e. The fraction of sp³-hybridized carbons (Fsp3) is 0.929. The Morgan fingerprint density at radius 2 is 2.06 bits per heavy atom. The van der Waals surface area contributed by atoms with Crippen molar-refractivity contribution in [1.82, 2.24) is 10.2 Å². The van der Waals surface area contributed by atoms with Crippen molar-refractivity contribution in [1.29, 1.82) is 0 Å². The number of hydrogen-bond acceptors (Lipinski definition) is 3. The standard InChI is InChI=1S/C14H29N3O/c1-5-11-8-12(10-17(9-11)7-6-15)16-13(18)14(2,3)4/h11-12H,5-10,15H2,1-4H3,(H,16,18). The molecule has 1 rings (SSSR count). The lowest BCUT2D eigenvalue weighted by molar-refractivity contribution is -0.129. The van der Waals surface area contributed by atoms with Crippen molar-refractivity contribution in [2.75, 3.05) is 26.2 Å². The van der Waals surface area contributed by atoms with Gasteiger partial charge in [-0.15, -0.1) is 0 Å². The number of nitrogens with two attached hydrogens (primary N) is 1. The van der Waals surface area contributed by atoms with Crippen molar-refractivity contribution in [2.45, 2.75) is 46.6 Å². The van der Waals surface area contributed by atoms with Crippen molar-refractivity contribution >= 4 is 5.91 Å². The van der Waals surface area contributed by atoms with Crippen LogP contribution in [0.4, 0.5) is 0 Å². The van der Waals surface area contributed by atoms with Crippen LogP contribution in [0.2, 0.25) is 0 Å². The van der Waals surface area contributed by atoms with Gasteiger partial charge in [0.1, 0.15) is 0 Å². The molecule has 18 heavy (non-hydrogen) atoms. The lowest BCUT2D eigenvalue weighted by Crippen LogP contribution is -2.53. The van der Waals surface area contributed by atoms with E-state index in [1.165, 1.54) is 6.42 Å². The van der Waals surface area contributed by atoms with E-state index in [0.717, 1.165) is 26.1 Å². The second-order valence-electron chi connectivity index (χ2n) is 6.48. The van der Waals surface area contributed by atoms with Gasteiger partial charge in [-0.25, -0.2) is 0 Å². The van der Waals surface area contributed by atoms with Gasteiger partial charge in [0.25, 0.3) is 0 Å². The Bertz CT molecular complexity index is 273. The first kappa shape index (κ1) is 15.4. The second kappa shape index (κ2) is 6.53. The van der Waals surface area contributed by atoms with Crippen LogP contribution in [0.3, 0.4) is 0 Å². The minimum atomic E-state index is -0.308. The zero-order chi connectivity index (χ0) is 13.8. The van der Waals surface area contributed by atoms with Gasteiger partial charge in [0.15, 0.2) is 0 Å². The number of rotatable bonds is 4. The molecule has 1 aliphatic heterocycles. The third-order valence-corrected chi connectivity index (χ3v) is 3.65. The number of nitrogens with one attached hydrogen (secondary N) is 1. The van der Waals surface area contributed by atoms with Gasteiger partial charge in [-0.2, -0.15) is 0 Å². The molecule has 3 N–H and O–H groups in total. The third kappa shape index (κ3) is 4.58. The van der Waals surface area contributed by atoms with Crippen LogP contribution in [0.15, 0.2) is 0 Å². The van der Waals surface area contributed by atoms with Crippen molar-refractivity contribution in [2.24, 2.45) is 17.1 Å². The van der Waals surface area contributed by atoms with Crippen LogP contribution in [-0.2, 0) is 4.79 Å². The summed E-state index contributed by atoms with van der Waals surface area (Å²) in [5.41, 5.74) is 5.33. The van der Waals surface area contributed by atoms with Crippen LogP contribution in [0.1, 0.15) is 40.5 Å². The fourth-order valence-corrected chi connectivity index (χ4v) is 2.47. The number of amides is 1. The summed E-state index contributed by atoms with van der Waals surface area (Å²) in [7, 11) is 0. The topological polar surface area (TPSA) is 58.4 Å². The van der Waals surface area contributed by atoms with Gasteiger partial charge in [-0.3, -0.25) is 9.69 Å². The monoisotopic (exact) mass is 255 g/mol. The molecule has 106 valence electrons. The maximum atomic E-state index is 12.0. The van der Waals surface area contributed by atoms with E-state index in [1.54, 1.807) is 0 Å². The highest BCUT2D eigenvalue weighted by atomic mass is 16.2. The predicted octanol–water partition coefficient (Wildman–Crippen LogP) is 1.21. The van der Waals surface area contributed by atoms with E-state index in [1.807, 2.05) is 20.8 Å². The summed E-state index contributed by atoms with van der Waals surface area (Å²) in [6.45, 7) is 11.8. The van der Waals surface area contributed by atoms with Gasteiger partial charge >= 0.3 is 0 Å². The molecule has 4 heteroatoms. The Balaban J connectivity index is 2.56. The average molecular weight is 255 g/mol. The Kier molecular flexibility index (Phi) is 5.60. The summed E-state index contributed by atoms with van der Waals surface area (Å²) in [4.78, 5) is 14.4. The van der Waals surface area contributed by atoms with E-state index >= 15 is 0 Å². The highest BCUT2D eigenvalue weighted by molar-refractivity contribution is 5.81. The van der Waals surface area contributed by atoms with E-state index in [9.17, 15) is 4.79 Å². The quantitative estimate of drug-likeness (QED) is 0.794. The maximum absolute atomic E-state index is 12.0. The number of hydrogen-bond donors (Lipinski definition) is 2. The van der Waals surface area contributed by atoms with E-state index < -0.39 is 0 Å². The molecular formula is C14H29N3O. The predicted molar refractivity (Wildman–Crippen MR) is 75.3 cm³/mol. The van der Waals surface area contributed by atoms with Gasteiger partial charge in [-0.1, -0.05) is 34.1 Å². The SMILES string of the molecule is CCC1CC(NC(=O)C(C)(C)C)CN(CCN)C1. The lowest BCUT2D eigenvalue weighted by atomic mass is 9.90. The summed E-state index contributed by atoms with van der Waals surface area (Å²) >= 11 is 0. The molecule has 1 fully saturated rings. The zero-order valence-corrected chi connectivity index (χ0v) is 12.3. The molecule has 0 radical (unpaired) electrons. The van der Waals surface area contributed by atoms with Gasteiger partial charge in [0, 0.05) is 37.6 Å². The van der Waals surface area contributed by atoms with Crippen molar-refractivity contribution in [3.63, 3.8) is 0 Å². The molecule has 0 aromatic carbocycles. The first-order valence-corrected chi connectivity index (χ1v) is 7.10. The molecule has 0 aromatic heterocycles. The molecule has 1 aliphatic rings. The fourth-order valence-electron chi connectivity index (χ4n) is 2.47. The smallest absolute Gasteiger partial charge is 0.225 e. The Hall–Kier alpha value is -0.610. The van der Waals surface area contributed by atoms with Crippen LogP contribution < -0.4 is 11.1 Å². The highest BCUT2D eigenvalue weighted by Gasteiger charge is 2.29.